The molecule has 7 nitrogen and oxygen atoms in total. The number of benzene rings is 1. The number of likely N-dealkylation sites (tertiary alicyclic amines) is 1. The first-order chi connectivity index (χ1) is 16.4. The SMILES string of the molecule is CC1CCC(N)CC1.CN.CN(O)N1CC[C@@H](c2ccccc2)C1C=O.CN1CCC[C@H]1CP. The van der Waals surface area contributed by atoms with Crippen LogP contribution in [-0.4, -0.2) is 85.1 Å². The molecule has 2 heterocycles. The van der Waals surface area contributed by atoms with Crippen molar-refractivity contribution < 1.29 is 10.0 Å². The molecule has 1 aromatic rings. The highest BCUT2D eigenvalue weighted by Gasteiger charge is 2.36. The molecule has 4 rings (SSSR count). The minimum Gasteiger partial charge on any atom is -0.333 e. The van der Waals surface area contributed by atoms with Gasteiger partial charge in [0, 0.05) is 31.6 Å². The van der Waals surface area contributed by atoms with Crippen molar-refractivity contribution in [2.45, 2.75) is 75.9 Å². The Morgan fingerprint density at radius 1 is 1.09 bits per heavy atom. The number of aldehydes is 1. The van der Waals surface area contributed by atoms with Gasteiger partial charge in [-0.2, -0.15) is 0 Å². The Bertz CT molecular complexity index is 633. The van der Waals surface area contributed by atoms with E-state index in [-0.39, 0.29) is 12.0 Å². The lowest BCUT2D eigenvalue weighted by atomic mass is 9.88. The van der Waals surface area contributed by atoms with Crippen LogP contribution in [0.15, 0.2) is 30.3 Å². The van der Waals surface area contributed by atoms with Crippen LogP contribution in [0.4, 0.5) is 0 Å². The maximum atomic E-state index is 11.1. The van der Waals surface area contributed by atoms with Crippen molar-refractivity contribution in [3.05, 3.63) is 35.9 Å². The summed E-state index contributed by atoms with van der Waals surface area (Å²) in [4.78, 5) is 13.6. The fourth-order valence-corrected chi connectivity index (χ4v) is 5.52. The summed E-state index contributed by atoms with van der Waals surface area (Å²) in [6.07, 6.45) is 11.0. The van der Waals surface area contributed by atoms with Crippen molar-refractivity contribution >= 4 is 15.5 Å². The number of hydrogen-bond donors (Lipinski definition) is 3. The molecule has 0 amide bonds. The zero-order valence-corrected chi connectivity index (χ0v) is 23.0. The van der Waals surface area contributed by atoms with E-state index in [1.54, 1.807) is 12.1 Å². The molecule has 1 saturated carbocycles. The molecule has 4 atom stereocenters. The van der Waals surface area contributed by atoms with Crippen molar-refractivity contribution in [1.29, 1.82) is 0 Å². The van der Waals surface area contributed by atoms with Crippen molar-refractivity contribution in [2.24, 2.45) is 17.4 Å². The van der Waals surface area contributed by atoms with Crippen LogP contribution in [0.3, 0.4) is 0 Å². The van der Waals surface area contributed by atoms with Crippen LogP contribution in [-0.2, 0) is 4.79 Å². The van der Waals surface area contributed by atoms with Gasteiger partial charge in [-0.1, -0.05) is 37.3 Å². The summed E-state index contributed by atoms with van der Waals surface area (Å²) < 4.78 is 0. The Labute approximate surface area is 210 Å². The quantitative estimate of drug-likeness (QED) is 0.335. The van der Waals surface area contributed by atoms with Crippen LogP contribution < -0.4 is 11.5 Å². The standard InChI is InChI=1S/C12H16N2O2.C7H15N.C6H14NP.CH5N/c1-13(16)14-8-7-11(12(14)9-15)10-5-3-2-4-6-10;1-6-2-4-7(8)5-3-6;1-7-4-2-3-6(7)5-8;1-2/h2-6,9,11-12,16H,7-8H2,1H3;6-7H,2-5,8H2,1H3;6H,2-5,8H2,1H3;2H2,1H3/t11-,12?;;6-;/m0.0./s1. The van der Waals surface area contributed by atoms with Gasteiger partial charge in [-0.25, -0.2) is 5.01 Å². The first-order valence-corrected chi connectivity index (χ1v) is 13.6. The Hall–Kier alpha value is -0.920. The minimum absolute atomic E-state index is 0.174. The molecular formula is C26H50N5O2P. The fraction of sp³-hybridized carbons (Fsp3) is 0.731. The third-order valence-electron chi connectivity index (χ3n) is 7.17. The van der Waals surface area contributed by atoms with Gasteiger partial charge in [-0.15, -0.1) is 14.4 Å². The third kappa shape index (κ3) is 10.4. The van der Waals surface area contributed by atoms with Crippen molar-refractivity contribution in [1.82, 2.24) is 15.1 Å². The van der Waals surface area contributed by atoms with E-state index in [4.69, 9.17) is 5.73 Å². The van der Waals surface area contributed by atoms with Gasteiger partial charge in [0.15, 0.2) is 0 Å². The fourth-order valence-electron chi connectivity index (χ4n) is 4.93. The second kappa shape index (κ2) is 17.5. The first kappa shape index (κ1) is 31.1. The van der Waals surface area contributed by atoms with E-state index in [2.05, 4.69) is 33.8 Å². The highest BCUT2D eigenvalue weighted by atomic mass is 31.0. The summed E-state index contributed by atoms with van der Waals surface area (Å²) in [6, 6.07) is 11.1. The van der Waals surface area contributed by atoms with Gasteiger partial charge in [-0.05, 0) is 83.2 Å². The van der Waals surface area contributed by atoms with E-state index >= 15 is 0 Å². The molecule has 2 aliphatic heterocycles. The van der Waals surface area contributed by atoms with Crippen LogP contribution in [0.25, 0.3) is 0 Å². The molecule has 0 spiro atoms. The van der Waals surface area contributed by atoms with Crippen LogP contribution in [0, 0.1) is 5.92 Å². The molecule has 196 valence electrons. The monoisotopic (exact) mass is 495 g/mol. The summed E-state index contributed by atoms with van der Waals surface area (Å²) in [6.45, 7) is 4.32. The lowest BCUT2D eigenvalue weighted by molar-refractivity contribution is -0.229. The van der Waals surface area contributed by atoms with E-state index in [1.165, 1.54) is 58.3 Å². The molecule has 0 aromatic heterocycles. The molecule has 8 heteroatoms. The average molecular weight is 496 g/mol. The largest absolute Gasteiger partial charge is 0.333 e. The normalized spacial score (nSPS) is 29.3. The molecule has 0 bridgehead atoms. The van der Waals surface area contributed by atoms with Gasteiger partial charge in [0.05, 0.1) is 6.04 Å². The molecule has 1 aliphatic carbocycles. The number of carbonyl (C=O) groups excluding carboxylic acids is 1. The average Bonchev–Trinajstić information content (AvgIpc) is 3.49. The predicted octanol–water partition coefficient (Wildman–Crippen LogP) is 3.33. The molecule has 3 fully saturated rings. The highest BCUT2D eigenvalue weighted by Crippen LogP contribution is 2.32. The Kier molecular flexibility index (Phi) is 16.0. The molecular weight excluding hydrogens is 445 g/mol. The van der Waals surface area contributed by atoms with Gasteiger partial charge >= 0.3 is 0 Å². The zero-order valence-electron chi connectivity index (χ0n) is 21.9. The van der Waals surface area contributed by atoms with Crippen molar-refractivity contribution in [3.8, 4) is 0 Å². The van der Waals surface area contributed by atoms with Crippen LogP contribution in [0.1, 0.15) is 63.4 Å². The molecule has 2 unspecified atom stereocenters. The summed E-state index contributed by atoms with van der Waals surface area (Å²) in [5.74, 6) is 1.11. The highest BCUT2D eigenvalue weighted by molar-refractivity contribution is 7.16. The Morgan fingerprint density at radius 3 is 2.12 bits per heavy atom. The number of rotatable bonds is 4. The lowest BCUT2D eigenvalue weighted by Gasteiger charge is -2.27. The third-order valence-corrected chi connectivity index (χ3v) is 7.71. The summed E-state index contributed by atoms with van der Waals surface area (Å²) in [5, 5.41) is 12.1. The molecule has 2 saturated heterocycles. The van der Waals surface area contributed by atoms with E-state index in [1.807, 2.05) is 30.3 Å². The molecule has 1 aromatic carbocycles. The maximum absolute atomic E-state index is 11.1. The van der Waals surface area contributed by atoms with Gasteiger partial charge in [-0.3, -0.25) is 5.21 Å². The molecule has 3 aliphatic rings. The van der Waals surface area contributed by atoms with Crippen LogP contribution in [0.2, 0.25) is 0 Å². The van der Waals surface area contributed by atoms with Crippen molar-refractivity contribution in [2.75, 3.05) is 40.4 Å². The van der Waals surface area contributed by atoms with E-state index in [9.17, 15) is 10.0 Å². The minimum atomic E-state index is -0.266. The van der Waals surface area contributed by atoms with Gasteiger partial charge in [0.25, 0.3) is 0 Å². The summed E-state index contributed by atoms with van der Waals surface area (Å²) >= 11 is 0. The summed E-state index contributed by atoms with van der Waals surface area (Å²) in [5.41, 5.74) is 11.4. The van der Waals surface area contributed by atoms with Gasteiger partial charge < -0.3 is 21.2 Å². The molecule has 0 radical (unpaired) electrons. The number of nitrogens with zero attached hydrogens (tertiary/aromatic N) is 3. The van der Waals surface area contributed by atoms with E-state index in [0.29, 0.717) is 12.6 Å². The second-order valence-electron chi connectivity index (χ2n) is 9.62. The smallest absolute Gasteiger partial charge is 0.139 e. The molecule has 34 heavy (non-hydrogen) atoms. The topological polar surface area (TPSA) is 99.1 Å². The lowest BCUT2D eigenvalue weighted by Crippen LogP contribution is -2.43. The number of hydrogen-bond acceptors (Lipinski definition) is 7. The number of carbonyl (C=O) groups is 1. The van der Waals surface area contributed by atoms with Crippen LogP contribution >= 0.6 is 9.24 Å². The van der Waals surface area contributed by atoms with Gasteiger partial charge in [0.2, 0.25) is 0 Å². The van der Waals surface area contributed by atoms with E-state index in [0.717, 1.165) is 35.4 Å². The Balaban J connectivity index is 0.000000270. The van der Waals surface area contributed by atoms with Crippen molar-refractivity contribution in [3.63, 3.8) is 0 Å². The van der Waals surface area contributed by atoms with E-state index < -0.39 is 0 Å². The number of hydrazine groups is 1. The predicted molar refractivity (Wildman–Crippen MR) is 146 cm³/mol. The first-order valence-electron chi connectivity index (χ1n) is 12.8. The second-order valence-corrected chi connectivity index (χ2v) is 10.1. The Morgan fingerprint density at radius 2 is 1.71 bits per heavy atom. The molecule has 5 N–H and O–H groups in total. The van der Waals surface area contributed by atoms with Crippen LogP contribution in [0.5, 0.6) is 0 Å². The van der Waals surface area contributed by atoms with Gasteiger partial charge in [0.1, 0.15) is 6.29 Å². The maximum Gasteiger partial charge on any atom is 0.139 e. The number of nitrogens with two attached hydrogens (primary N) is 2. The summed E-state index contributed by atoms with van der Waals surface area (Å²) in [7, 11) is 8.06. The zero-order chi connectivity index (χ0) is 25.5. The number of hydroxylamine groups is 1.